The van der Waals surface area contributed by atoms with E-state index in [1.165, 1.54) is 13.0 Å². The Morgan fingerprint density at radius 1 is 1.39 bits per heavy atom. The van der Waals surface area contributed by atoms with E-state index in [1.807, 2.05) is 7.11 Å². The van der Waals surface area contributed by atoms with Gasteiger partial charge in [0.2, 0.25) is 0 Å². The lowest BCUT2D eigenvalue weighted by Gasteiger charge is -2.44. The van der Waals surface area contributed by atoms with Crippen LogP contribution in [0.1, 0.15) is 26.2 Å². The molecule has 0 aliphatic carbocycles. The number of hydrogen-bond donors (Lipinski definition) is 1. The standard InChI is InChI=1S/C14H28N2O2/c1-12-3-6-16(9-13(12)17-2)11-14(10-15)4-7-18-8-5-14/h12-13H,3-11,15H2,1-2H3. The van der Waals surface area contributed by atoms with E-state index in [0.29, 0.717) is 12.0 Å². The molecule has 0 spiro atoms. The lowest BCUT2D eigenvalue weighted by Crippen LogP contribution is -2.51. The normalized spacial score (nSPS) is 33.5. The fourth-order valence-corrected chi connectivity index (χ4v) is 3.25. The SMILES string of the molecule is COC1CN(CC2(CN)CCOCC2)CCC1C. The van der Waals surface area contributed by atoms with Gasteiger partial charge in [-0.15, -0.1) is 0 Å². The smallest absolute Gasteiger partial charge is 0.0724 e. The van der Waals surface area contributed by atoms with Crippen molar-refractivity contribution in [3.63, 3.8) is 0 Å². The zero-order chi connectivity index (χ0) is 13.0. The Labute approximate surface area is 111 Å². The monoisotopic (exact) mass is 256 g/mol. The van der Waals surface area contributed by atoms with Crippen molar-refractivity contribution in [1.82, 2.24) is 4.90 Å². The fraction of sp³-hybridized carbons (Fsp3) is 1.00. The second-order valence-electron chi connectivity index (χ2n) is 6.09. The van der Waals surface area contributed by atoms with Gasteiger partial charge in [-0.25, -0.2) is 0 Å². The molecule has 2 fully saturated rings. The van der Waals surface area contributed by atoms with Gasteiger partial charge in [-0.1, -0.05) is 6.92 Å². The minimum Gasteiger partial charge on any atom is -0.381 e. The van der Waals surface area contributed by atoms with Crippen LogP contribution in [-0.2, 0) is 9.47 Å². The Bertz CT molecular complexity index is 254. The molecule has 4 heteroatoms. The van der Waals surface area contributed by atoms with Crippen molar-refractivity contribution in [2.75, 3.05) is 46.5 Å². The van der Waals surface area contributed by atoms with E-state index in [2.05, 4.69) is 11.8 Å². The summed E-state index contributed by atoms with van der Waals surface area (Å²) in [6, 6.07) is 0. The molecular weight excluding hydrogens is 228 g/mol. The first-order valence-corrected chi connectivity index (χ1v) is 7.22. The lowest BCUT2D eigenvalue weighted by atomic mass is 9.79. The molecule has 0 saturated carbocycles. The Balaban J connectivity index is 1.91. The molecule has 2 N–H and O–H groups in total. The molecule has 0 radical (unpaired) electrons. The minimum atomic E-state index is 0.275. The van der Waals surface area contributed by atoms with Crippen molar-refractivity contribution in [3.05, 3.63) is 0 Å². The summed E-state index contributed by atoms with van der Waals surface area (Å²) in [7, 11) is 1.83. The highest BCUT2D eigenvalue weighted by atomic mass is 16.5. The maximum Gasteiger partial charge on any atom is 0.0724 e. The highest BCUT2D eigenvalue weighted by molar-refractivity contribution is 4.89. The number of nitrogens with zero attached hydrogens (tertiary/aromatic N) is 1. The van der Waals surface area contributed by atoms with Crippen molar-refractivity contribution in [2.45, 2.75) is 32.3 Å². The summed E-state index contributed by atoms with van der Waals surface area (Å²) in [5.41, 5.74) is 6.31. The van der Waals surface area contributed by atoms with E-state index in [9.17, 15) is 0 Å². The Hall–Kier alpha value is -0.160. The lowest BCUT2D eigenvalue weighted by molar-refractivity contribution is -0.0402. The molecule has 0 aromatic rings. The number of ether oxygens (including phenoxy) is 2. The van der Waals surface area contributed by atoms with Gasteiger partial charge >= 0.3 is 0 Å². The molecular formula is C14H28N2O2. The zero-order valence-corrected chi connectivity index (χ0v) is 11.9. The Morgan fingerprint density at radius 2 is 2.11 bits per heavy atom. The van der Waals surface area contributed by atoms with Gasteiger partial charge in [0.05, 0.1) is 6.10 Å². The number of methoxy groups -OCH3 is 1. The van der Waals surface area contributed by atoms with Gasteiger partial charge in [0.1, 0.15) is 0 Å². The van der Waals surface area contributed by atoms with Crippen LogP contribution in [0.5, 0.6) is 0 Å². The predicted molar refractivity (Wildman–Crippen MR) is 72.6 cm³/mol. The summed E-state index contributed by atoms with van der Waals surface area (Å²) in [4.78, 5) is 2.55. The summed E-state index contributed by atoms with van der Waals surface area (Å²) in [6.07, 6.45) is 3.82. The maximum absolute atomic E-state index is 6.04. The fourth-order valence-electron chi connectivity index (χ4n) is 3.25. The van der Waals surface area contributed by atoms with Gasteiger partial charge in [0.15, 0.2) is 0 Å². The van der Waals surface area contributed by atoms with Crippen LogP contribution in [0.25, 0.3) is 0 Å². The highest BCUT2D eigenvalue weighted by Crippen LogP contribution is 2.32. The molecule has 2 heterocycles. The summed E-state index contributed by atoms with van der Waals surface area (Å²) >= 11 is 0. The molecule has 0 aromatic carbocycles. The van der Waals surface area contributed by atoms with E-state index < -0.39 is 0 Å². The van der Waals surface area contributed by atoms with Gasteiger partial charge < -0.3 is 20.1 Å². The van der Waals surface area contributed by atoms with Crippen molar-refractivity contribution < 1.29 is 9.47 Å². The van der Waals surface area contributed by atoms with Crippen molar-refractivity contribution in [1.29, 1.82) is 0 Å². The van der Waals surface area contributed by atoms with Crippen LogP contribution in [0, 0.1) is 11.3 Å². The first kappa shape index (κ1) is 14.3. The molecule has 0 bridgehead atoms. The van der Waals surface area contributed by atoms with Crippen LogP contribution < -0.4 is 5.73 Å². The van der Waals surface area contributed by atoms with E-state index >= 15 is 0 Å². The maximum atomic E-state index is 6.04. The summed E-state index contributed by atoms with van der Waals surface area (Å²) in [6.45, 7) is 8.16. The Morgan fingerprint density at radius 3 is 2.72 bits per heavy atom. The predicted octanol–water partition coefficient (Wildman–Crippen LogP) is 1.10. The largest absolute Gasteiger partial charge is 0.381 e. The zero-order valence-electron chi connectivity index (χ0n) is 11.9. The molecule has 2 aliphatic rings. The highest BCUT2D eigenvalue weighted by Gasteiger charge is 2.35. The molecule has 18 heavy (non-hydrogen) atoms. The molecule has 2 saturated heterocycles. The van der Waals surface area contributed by atoms with Crippen molar-refractivity contribution in [2.24, 2.45) is 17.1 Å². The van der Waals surface area contributed by atoms with Crippen LogP contribution in [0.4, 0.5) is 0 Å². The topological polar surface area (TPSA) is 47.7 Å². The first-order valence-electron chi connectivity index (χ1n) is 7.22. The van der Waals surface area contributed by atoms with Gasteiger partial charge in [0, 0.05) is 33.4 Å². The van der Waals surface area contributed by atoms with E-state index in [-0.39, 0.29) is 5.41 Å². The summed E-state index contributed by atoms with van der Waals surface area (Å²) in [5, 5.41) is 0. The van der Waals surface area contributed by atoms with Crippen LogP contribution in [0.3, 0.4) is 0 Å². The Kier molecular flexibility index (Phi) is 5.01. The first-order chi connectivity index (χ1) is 8.69. The quantitative estimate of drug-likeness (QED) is 0.818. The molecule has 0 aromatic heterocycles. The van der Waals surface area contributed by atoms with Crippen molar-refractivity contribution in [3.8, 4) is 0 Å². The van der Waals surface area contributed by atoms with E-state index in [0.717, 1.165) is 45.7 Å². The molecule has 2 aliphatic heterocycles. The van der Waals surface area contributed by atoms with Gasteiger partial charge in [-0.05, 0) is 43.7 Å². The molecule has 2 rings (SSSR count). The minimum absolute atomic E-state index is 0.275. The van der Waals surface area contributed by atoms with Crippen LogP contribution >= 0.6 is 0 Å². The number of nitrogens with two attached hydrogens (primary N) is 1. The number of piperidine rings is 1. The molecule has 106 valence electrons. The molecule has 0 amide bonds. The average Bonchev–Trinajstić information content (AvgIpc) is 2.42. The van der Waals surface area contributed by atoms with Gasteiger partial charge in [-0.2, -0.15) is 0 Å². The van der Waals surface area contributed by atoms with Gasteiger partial charge in [-0.3, -0.25) is 0 Å². The number of likely N-dealkylation sites (tertiary alicyclic amines) is 1. The van der Waals surface area contributed by atoms with E-state index in [1.54, 1.807) is 0 Å². The van der Waals surface area contributed by atoms with Crippen LogP contribution in [0.15, 0.2) is 0 Å². The van der Waals surface area contributed by atoms with Crippen molar-refractivity contribution >= 4 is 0 Å². The average molecular weight is 256 g/mol. The van der Waals surface area contributed by atoms with Crippen LogP contribution in [-0.4, -0.2) is 57.5 Å². The summed E-state index contributed by atoms with van der Waals surface area (Å²) < 4.78 is 11.1. The third-order valence-corrected chi connectivity index (χ3v) is 4.82. The van der Waals surface area contributed by atoms with Crippen LogP contribution in [0.2, 0.25) is 0 Å². The van der Waals surface area contributed by atoms with E-state index in [4.69, 9.17) is 15.2 Å². The number of rotatable bonds is 4. The second-order valence-corrected chi connectivity index (χ2v) is 6.09. The second kappa shape index (κ2) is 6.33. The van der Waals surface area contributed by atoms with Gasteiger partial charge in [0.25, 0.3) is 0 Å². The molecule has 2 unspecified atom stereocenters. The molecule has 2 atom stereocenters. The summed E-state index contributed by atoms with van der Waals surface area (Å²) in [5.74, 6) is 0.676. The molecule has 4 nitrogen and oxygen atoms in total. The third kappa shape index (κ3) is 3.23. The number of hydrogen-bond acceptors (Lipinski definition) is 4. The third-order valence-electron chi connectivity index (χ3n) is 4.82.